The summed E-state index contributed by atoms with van der Waals surface area (Å²) in [4.78, 5) is 0. The van der Waals surface area contributed by atoms with Crippen LogP contribution in [0.3, 0.4) is 0 Å². The molecular weight excluding hydrogens is 188 g/mol. The molecular formula is C13H18O2. The molecule has 0 amide bonds. The van der Waals surface area contributed by atoms with E-state index in [2.05, 4.69) is 12.1 Å². The third-order valence-corrected chi connectivity index (χ3v) is 3.01. The molecule has 0 spiro atoms. The molecule has 1 N–H and O–H groups in total. The molecule has 0 aliphatic heterocycles. The number of aliphatic hydroxyl groups is 1. The Morgan fingerprint density at radius 3 is 2.47 bits per heavy atom. The summed E-state index contributed by atoms with van der Waals surface area (Å²) in [7, 11) is 0. The molecule has 2 heteroatoms. The largest absolute Gasteiger partial charge is 0.494 e. The highest BCUT2D eigenvalue weighted by Crippen LogP contribution is 2.42. The second kappa shape index (κ2) is 4.67. The van der Waals surface area contributed by atoms with Crippen LogP contribution >= 0.6 is 0 Å². The van der Waals surface area contributed by atoms with Crippen molar-refractivity contribution in [2.24, 2.45) is 5.92 Å². The zero-order valence-corrected chi connectivity index (χ0v) is 9.15. The summed E-state index contributed by atoms with van der Waals surface area (Å²) in [6, 6.07) is 8.13. The van der Waals surface area contributed by atoms with Crippen LogP contribution < -0.4 is 4.74 Å². The van der Waals surface area contributed by atoms with E-state index in [9.17, 15) is 5.11 Å². The van der Waals surface area contributed by atoms with E-state index in [4.69, 9.17) is 4.74 Å². The van der Waals surface area contributed by atoms with E-state index in [1.54, 1.807) is 0 Å². The van der Waals surface area contributed by atoms with Crippen LogP contribution in [0.1, 0.15) is 31.2 Å². The Bertz CT molecular complexity index is 301. The molecule has 1 aliphatic rings. The molecule has 0 bridgehead atoms. The minimum atomic E-state index is 0.263. The van der Waals surface area contributed by atoms with E-state index < -0.39 is 0 Å². The molecule has 82 valence electrons. The van der Waals surface area contributed by atoms with Gasteiger partial charge in [-0.25, -0.2) is 0 Å². The third kappa shape index (κ3) is 2.51. The van der Waals surface area contributed by atoms with Gasteiger partial charge in [0, 0.05) is 5.92 Å². The van der Waals surface area contributed by atoms with Crippen molar-refractivity contribution in [3.63, 3.8) is 0 Å². The summed E-state index contributed by atoms with van der Waals surface area (Å²) in [5.74, 6) is 1.95. The Labute approximate surface area is 90.9 Å². The summed E-state index contributed by atoms with van der Waals surface area (Å²) >= 11 is 0. The predicted octanol–water partition coefficient (Wildman–Crippen LogP) is 2.57. The van der Waals surface area contributed by atoms with Crippen molar-refractivity contribution < 1.29 is 9.84 Å². The number of rotatable bonds is 5. The highest BCUT2D eigenvalue weighted by Gasteiger charge is 2.31. The topological polar surface area (TPSA) is 29.5 Å². The van der Waals surface area contributed by atoms with Crippen molar-refractivity contribution in [3.8, 4) is 5.75 Å². The maximum Gasteiger partial charge on any atom is 0.119 e. The Hall–Kier alpha value is -1.02. The summed E-state index contributed by atoms with van der Waals surface area (Å²) in [5, 5.41) is 9.33. The van der Waals surface area contributed by atoms with E-state index in [0.29, 0.717) is 18.4 Å². The maximum absolute atomic E-state index is 9.33. The lowest BCUT2D eigenvalue weighted by atomic mass is 9.95. The lowest BCUT2D eigenvalue weighted by molar-refractivity contribution is 0.253. The summed E-state index contributed by atoms with van der Waals surface area (Å²) in [6.07, 6.45) is 2.52. The maximum atomic E-state index is 9.33. The summed E-state index contributed by atoms with van der Waals surface area (Å²) in [6.45, 7) is 2.94. The van der Waals surface area contributed by atoms with Crippen molar-refractivity contribution in [3.05, 3.63) is 29.8 Å². The van der Waals surface area contributed by atoms with Gasteiger partial charge in [-0.3, -0.25) is 0 Å². The SMILES string of the molecule is CCOc1ccc(C(CO)C2CC2)cc1. The first kappa shape index (κ1) is 10.5. The molecule has 1 aromatic carbocycles. The Morgan fingerprint density at radius 1 is 1.33 bits per heavy atom. The fourth-order valence-corrected chi connectivity index (χ4v) is 2.00. The molecule has 2 nitrogen and oxygen atoms in total. The van der Waals surface area contributed by atoms with Crippen LogP contribution in [0.25, 0.3) is 0 Å². The Morgan fingerprint density at radius 2 is 2.00 bits per heavy atom. The molecule has 0 radical (unpaired) electrons. The van der Waals surface area contributed by atoms with E-state index in [1.165, 1.54) is 18.4 Å². The highest BCUT2D eigenvalue weighted by atomic mass is 16.5. The van der Waals surface area contributed by atoms with Gasteiger partial charge in [0.15, 0.2) is 0 Å². The average Bonchev–Trinajstić information content (AvgIpc) is 3.06. The van der Waals surface area contributed by atoms with Gasteiger partial charge < -0.3 is 9.84 Å². The molecule has 0 aromatic heterocycles. The van der Waals surface area contributed by atoms with Gasteiger partial charge in [0.2, 0.25) is 0 Å². The standard InChI is InChI=1S/C13H18O2/c1-2-15-12-7-5-11(6-8-12)13(9-14)10-3-4-10/h5-8,10,13-14H,2-4,9H2,1H3. The zero-order valence-electron chi connectivity index (χ0n) is 9.15. The molecule has 1 saturated carbocycles. The van der Waals surface area contributed by atoms with Gasteiger partial charge in [-0.2, -0.15) is 0 Å². The second-order valence-electron chi connectivity index (χ2n) is 4.13. The third-order valence-electron chi connectivity index (χ3n) is 3.01. The lowest BCUT2D eigenvalue weighted by Crippen LogP contribution is -2.06. The monoisotopic (exact) mass is 206 g/mol. The number of hydrogen-bond donors (Lipinski definition) is 1. The van der Waals surface area contributed by atoms with E-state index in [1.807, 2.05) is 19.1 Å². The number of aliphatic hydroxyl groups excluding tert-OH is 1. The van der Waals surface area contributed by atoms with Gasteiger partial charge in [-0.15, -0.1) is 0 Å². The van der Waals surface area contributed by atoms with Crippen molar-refractivity contribution in [2.75, 3.05) is 13.2 Å². The molecule has 1 unspecified atom stereocenters. The minimum Gasteiger partial charge on any atom is -0.494 e. The molecule has 0 saturated heterocycles. The predicted molar refractivity (Wildman–Crippen MR) is 60.2 cm³/mol. The second-order valence-corrected chi connectivity index (χ2v) is 4.13. The molecule has 1 fully saturated rings. The quantitative estimate of drug-likeness (QED) is 0.802. The van der Waals surface area contributed by atoms with Crippen LogP contribution in [-0.2, 0) is 0 Å². The van der Waals surface area contributed by atoms with Crippen molar-refractivity contribution in [1.29, 1.82) is 0 Å². The van der Waals surface area contributed by atoms with Gasteiger partial charge >= 0.3 is 0 Å². The van der Waals surface area contributed by atoms with Crippen LogP contribution in [0.5, 0.6) is 5.75 Å². The van der Waals surface area contributed by atoms with E-state index in [0.717, 1.165) is 5.75 Å². The minimum absolute atomic E-state index is 0.263. The highest BCUT2D eigenvalue weighted by molar-refractivity contribution is 5.30. The van der Waals surface area contributed by atoms with Crippen molar-refractivity contribution in [2.45, 2.75) is 25.7 Å². The molecule has 0 heterocycles. The molecule has 1 atom stereocenters. The van der Waals surface area contributed by atoms with Crippen molar-refractivity contribution >= 4 is 0 Å². The smallest absolute Gasteiger partial charge is 0.119 e. The van der Waals surface area contributed by atoms with Crippen LogP contribution in [-0.4, -0.2) is 18.3 Å². The average molecular weight is 206 g/mol. The Balaban J connectivity index is 2.07. The van der Waals surface area contributed by atoms with Gasteiger partial charge in [0.25, 0.3) is 0 Å². The first-order chi connectivity index (χ1) is 7.35. The summed E-state index contributed by atoms with van der Waals surface area (Å²) in [5.41, 5.74) is 1.24. The first-order valence-electron chi connectivity index (χ1n) is 5.68. The number of benzene rings is 1. The Kier molecular flexibility index (Phi) is 3.27. The molecule has 1 aliphatic carbocycles. The number of ether oxygens (including phenoxy) is 1. The summed E-state index contributed by atoms with van der Waals surface area (Å²) < 4.78 is 5.39. The molecule has 2 rings (SSSR count). The normalized spacial score (nSPS) is 17.5. The lowest BCUT2D eigenvalue weighted by Gasteiger charge is -2.13. The van der Waals surface area contributed by atoms with Crippen LogP contribution in [0, 0.1) is 5.92 Å². The van der Waals surface area contributed by atoms with E-state index >= 15 is 0 Å². The van der Waals surface area contributed by atoms with Crippen LogP contribution in [0.15, 0.2) is 24.3 Å². The van der Waals surface area contributed by atoms with Gasteiger partial charge in [-0.05, 0) is 43.4 Å². The zero-order chi connectivity index (χ0) is 10.7. The fourth-order valence-electron chi connectivity index (χ4n) is 2.00. The van der Waals surface area contributed by atoms with Crippen LogP contribution in [0.4, 0.5) is 0 Å². The van der Waals surface area contributed by atoms with Gasteiger partial charge in [-0.1, -0.05) is 12.1 Å². The fraction of sp³-hybridized carbons (Fsp3) is 0.538. The van der Waals surface area contributed by atoms with Gasteiger partial charge in [0.1, 0.15) is 5.75 Å². The molecule has 15 heavy (non-hydrogen) atoms. The van der Waals surface area contributed by atoms with Crippen LogP contribution in [0.2, 0.25) is 0 Å². The van der Waals surface area contributed by atoms with Crippen molar-refractivity contribution in [1.82, 2.24) is 0 Å². The van der Waals surface area contributed by atoms with Gasteiger partial charge in [0.05, 0.1) is 13.2 Å². The number of hydrogen-bond acceptors (Lipinski definition) is 2. The molecule has 1 aromatic rings. The first-order valence-corrected chi connectivity index (χ1v) is 5.68. The van der Waals surface area contributed by atoms with E-state index in [-0.39, 0.29) is 6.61 Å².